The molecule has 0 radical (unpaired) electrons. The number of aromatic nitrogens is 6. The molecule has 22 nitrogen and oxygen atoms in total. The Balaban J connectivity index is 0.000000187. The second kappa shape index (κ2) is 27.8. The molecule has 0 bridgehead atoms. The van der Waals surface area contributed by atoms with E-state index in [0.717, 1.165) is 50.7 Å². The maximum atomic E-state index is 13.2. The van der Waals surface area contributed by atoms with Crippen molar-refractivity contribution in [3.63, 3.8) is 0 Å². The van der Waals surface area contributed by atoms with Crippen LogP contribution in [0.3, 0.4) is 0 Å². The molecule has 3 aromatic carbocycles. The molecule has 0 atom stereocenters. The summed E-state index contributed by atoms with van der Waals surface area (Å²) >= 11 is 2.25. The highest BCUT2D eigenvalue weighted by Crippen LogP contribution is 2.30. The third kappa shape index (κ3) is 17.9. The third-order valence-electron chi connectivity index (χ3n) is 13.7. The van der Waals surface area contributed by atoms with E-state index in [-0.39, 0.29) is 17.7 Å². The maximum absolute atomic E-state index is 13.2. The molecule has 5 amide bonds. The first-order valence-electron chi connectivity index (χ1n) is 27.7. The van der Waals surface area contributed by atoms with Crippen molar-refractivity contribution in [3.8, 4) is 17.2 Å². The van der Waals surface area contributed by atoms with Gasteiger partial charge in [-0.2, -0.15) is 15.3 Å². The molecular formula is C61H83IN12O10. The van der Waals surface area contributed by atoms with Crippen molar-refractivity contribution in [1.82, 2.24) is 49.8 Å². The van der Waals surface area contributed by atoms with E-state index in [4.69, 9.17) is 23.7 Å². The number of benzene rings is 3. The van der Waals surface area contributed by atoms with E-state index in [1.54, 1.807) is 75.9 Å². The van der Waals surface area contributed by atoms with Crippen LogP contribution in [-0.2, 0) is 43.5 Å². The molecule has 6 heterocycles. The topological polar surface area (TPSA) is 222 Å². The van der Waals surface area contributed by atoms with Crippen LogP contribution in [0.5, 0.6) is 17.2 Å². The summed E-state index contributed by atoms with van der Waals surface area (Å²) in [6.45, 7) is 26.8. The minimum atomic E-state index is -1.02. The molecule has 454 valence electrons. The fraction of sp³-hybridized carbons (Fsp3) is 0.475. The second-order valence-corrected chi connectivity index (χ2v) is 25.0. The van der Waals surface area contributed by atoms with Crippen LogP contribution >= 0.6 is 22.6 Å². The second-order valence-electron chi connectivity index (χ2n) is 23.8. The van der Waals surface area contributed by atoms with E-state index < -0.39 is 40.0 Å². The number of ether oxygens (including phenoxy) is 5. The summed E-state index contributed by atoms with van der Waals surface area (Å²) in [5, 5.41) is 19.0. The molecule has 3 aliphatic rings. The average molecular weight is 1270 g/mol. The summed E-state index contributed by atoms with van der Waals surface area (Å²) in [4.78, 5) is 68.2. The van der Waals surface area contributed by atoms with Gasteiger partial charge in [0, 0.05) is 57.9 Å². The number of methoxy groups -OCH3 is 3. The number of piperazine rings is 3. The van der Waals surface area contributed by atoms with E-state index in [1.165, 1.54) is 15.4 Å². The highest BCUT2D eigenvalue weighted by Gasteiger charge is 2.47. The Morgan fingerprint density at radius 3 is 1.31 bits per heavy atom. The zero-order valence-electron chi connectivity index (χ0n) is 51.2. The molecule has 3 saturated heterocycles. The highest BCUT2D eigenvalue weighted by molar-refractivity contribution is 14.1. The van der Waals surface area contributed by atoms with Crippen LogP contribution in [0.15, 0.2) is 110 Å². The van der Waals surface area contributed by atoms with Crippen molar-refractivity contribution in [1.29, 1.82) is 0 Å². The van der Waals surface area contributed by atoms with Crippen LogP contribution in [0, 0.1) is 3.57 Å². The lowest BCUT2D eigenvalue weighted by Crippen LogP contribution is -2.65. The summed E-state index contributed by atoms with van der Waals surface area (Å²) in [5.41, 5.74) is 1.44. The van der Waals surface area contributed by atoms with Crippen molar-refractivity contribution in [2.75, 3.05) is 70.4 Å². The van der Waals surface area contributed by atoms with Crippen LogP contribution in [0.4, 0.5) is 21.0 Å². The number of amides is 5. The molecule has 3 fully saturated rings. The number of carbonyl (C=O) groups excluding carboxylic acids is 5. The smallest absolute Gasteiger partial charge is 0.411 e. The molecule has 9 rings (SSSR count). The maximum Gasteiger partial charge on any atom is 0.411 e. The van der Waals surface area contributed by atoms with Gasteiger partial charge in [-0.25, -0.2) is 9.59 Å². The molecule has 2 N–H and O–H groups in total. The van der Waals surface area contributed by atoms with Crippen LogP contribution in [0.1, 0.15) is 99.8 Å². The molecule has 0 saturated carbocycles. The minimum Gasteiger partial charge on any atom is -0.497 e. The van der Waals surface area contributed by atoms with E-state index >= 15 is 0 Å². The molecule has 0 unspecified atom stereocenters. The number of nitrogens with one attached hydrogen (secondary N) is 2. The Morgan fingerprint density at radius 2 is 0.917 bits per heavy atom. The van der Waals surface area contributed by atoms with Gasteiger partial charge in [0.25, 0.3) is 5.91 Å². The number of anilines is 2. The molecule has 0 spiro atoms. The molecule has 23 heteroatoms. The van der Waals surface area contributed by atoms with Crippen LogP contribution in [0.25, 0.3) is 0 Å². The van der Waals surface area contributed by atoms with Gasteiger partial charge in [0.15, 0.2) is 0 Å². The molecule has 3 aromatic heterocycles. The molecule has 6 aromatic rings. The number of halogens is 1. The summed E-state index contributed by atoms with van der Waals surface area (Å²) in [6, 6.07) is 23.7. The lowest BCUT2D eigenvalue weighted by molar-refractivity contribution is -0.134. The first-order valence-corrected chi connectivity index (χ1v) is 28.8. The average Bonchev–Trinajstić information content (AvgIpc) is 2.80. The Morgan fingerprint density at radius 1 is 0.524 bits per heavy atom. The third-order valence-corrected chi connectivity index (χ3v) is 14.3. The number of rotatable bonds is 11. The van der Waals surface area contributed by atoms with Crippen LogP contribution in [-0.4, -0.2) is 157 Å². The molecule has 84 heavy (non-hydrogen) atoms. The van der Waals surface area contributed by atoms with E-state index in [0.29, 0.717) is 51.5 Å². The minimum absolute atomic E-state index is 0.0766. The Kier molecular flexibility index (Phi) is 21.7. The number of nitrogens with zero attached hydrogens (tertiary/aromatic N) is 10. The van der Waals surface area contributed by atoms with E-state index in [9.17, 15) is 24.0 Å². The Hall–Kier alpha value is -7.67. The predicted octanol–water partition coefficient (Wildman–Crippen LogP) is 8.63. The summed E-state index contributed by atoms with van der Waals surface area (Å²) in [5.74, 6) is 2.29. The van der Waals surface area contributed by atoms with Crippen molar-refractivity contribution >= 4 is 63.9 Å². The van der Waals surface area contributed by atoms with Crippen molar-refractivity contribution in [3.05, 3.63) is 130 Å². The number of carbonyl (C=O) groups is 5. The molecule has 0 aliphatic carbocycles. The van der Waals surface area contributed by atoms with Gasteiger partial charge >= 0.3 is 12.2 Å². The van der Waals surface area contributed by atoms with Gasteiger partial charge in [-0.1, -0.05) is 36.4 Å². The highest BCUT2D eigenvalue weighted by atomic mass is 127. The largest absolute Gasteiger partial charge is 0.497 e. The summed E-state index contributed by atoms with van der Waals surface area (Å²) in [7, 11) is 4.96. The Labute approximate surface area is 507 Å². The van der Waals surface area contributed by atoms with Gasteiger partial charge in [-0.05, 0) is 159 Å². The number of hydrogen-bond donors (Lipinski definition) is 2. The Bertz CT molecular complexity index is 3160. The normalized spacial score (nSPS) is 16.4. The fourth-order valence-electron chi connectivity index (χ4n) is 9.02. The number of hydrogen-bond acceptors (Lipinski definition) is 14. The van der Waals surface area contributed by atoms with Gasteiger partial charge in [-0.3, -0.25) is 38.2 Å². The quantitative estimate of drug-likeness (QED) is 0.116. The SMILES string of the molecule is CC(C)(C)OC(=O)N1CCNC(=O)C1(C)C.COc1ccc(Cn2cc(I)cn2)cc1.COc1ccc(Cn2cc(N3CCN(C(=O)OC(C)(C)C)C(C)(C)C3=O)cn2)cc1.COc1ccc(Cn2cc(N3CCNC(C)(C)C3=O)cn2)cc1. The lowest BCUT2D eigenvalue weighted by Gasteiger charge is -2.45. The van der Waals surface area contributed by atoms with Crippen LogP contribution < -0.4 is 34.6 Å². The van der Waals surface area contributed by atoms with E-state index in [1.807, 2.05) is 162 Å². The van der Waals surface area contributed by atoms with Gasteiger partial charge in [0.2, 0.25) is 11.8 Å². The monoisotopic (exact) mass is 1270 g/mol. The van der Waals surface area contributed by atoms with Gasteiger partial charge in [0.05, 0.1) is 80.0 Å². The van der Waals surface area contributed by atoms with Gasteiger partial charge in [-0.15, -0.1) is 0 Å². The zero-order valence-corrected chi connectivity index (χ0v) is 53.3. The van der Waals surface area contributed by atoms with E-state index in [2.05, 4.69) is 48.5 Å². The summed E-state index contributed by atoms with van der Waals surface area (Å²) in [6.07, 6.45) is 10.2. The van der Waals surface area contributed by atoms with Crippen LogP contribution in [0.2, 0.25) is 0 Å². The van der Waals surface area contributed by atoms with Crippen molar-refractivity contribution in [2.24, 2.45) is 0 Å². The standard InChI is InChI=1S/C22H30N4O4.C17H22N4O2.C11H11IN2O.C11H20N2O3/c1-21(2,3)30-20(28)26-12-11-25(19(27)22(26,4)5)17-13-23-24(15-17)14-16-7-9-18(29-6)10-8-16;1-17(2)16(22)21(9-8-18-17)14-10-19-20(12-14)11-13-4-6-15(23-3)7-5-13;1-15-11-4-2-9(3-5-11)7-14-8-10(12)6-13-14;1-10(2,3)16-9(15)13-7-6-12-8(14)11(13,4)5/h7-10,13,15H,11-12,14H2,1-6H3;4-7,10,12,18H,8-9,11H2,1-3H3;2-6,8H,7H2,1H3;6-7H2,1-5H3,(H,12,14). The summed E-state index contributed by atoms with van der Waals surface area (Å²) < 4.78 is 32.9. The molecule has 3 aliphatic heterocycles. The lowest BCUT2D eigenvalue weighted by atomic mass is 9.98. The first kappa shape index (κ1) is 65.5. The first-order chi connectivity index (χ1) is 39.4. The van der Waals surface area contributed by atoms with Crippen molar-refractivity contribution in [2.45, 2.75) is 131 Å². The van der Waals surface area contributed by atoms with Gasteiger partial charge < -0.3 is 44.1 Å². The zero-order chi connectivity index (χ0) is 61.8. The molecular weight excluding hydrogens is 1190 g/mol. The van der Waals surface area contributed by atoms with Gasteiger partial charge in [0.1, 0.15) is 39.5 Å². The fourth-order valence-corrected chi connectivity index (χ4v) is 9.47. The predicted molar refractivity (Wildman–Crippen MR) is 330 cm³/mol. The van der Waals surface area contributed by atoms with Crippen molar-refractivity contribution < 1.29 is 47.7 Å².